The summed E-state index contributed by atoms with van der Waals surface area (Å²) in [6.07, 6.45) is 0.423. The Bertz CT molecular complexity index is 1140. The summed E-state index contributed by atoms with van der Waals surface area (Å²) < 4.78 is 0. The van der Waals surface area contributed by atoms with Gasteiger partial charge in [-0.25, -0.2) is 5.01 Å². The minimum absolute atomic E-state index is 0.168. The molecular formula is C23H21N5O3S. The van der Waals surface area contributed by atoms with Crippen LogP contribution >= 0.6 is 11.8 Å². The molecule has 2 aromatic carbocycles. The third-order valence-corrected chi connectivity index (χ3v) is 6.27. The predicted octanol–water partition coefficient (Wildman–Crippen LogP) is 2.89. The average Bonchev–Trinajstić information content (AvgIpc) is 3.29. The first-order chi connectivity index (χ1) is 15.5. The van der Waals surface area contributed by atoms with Gasteiger partial charge in [-0.1, -0.05) is 12.1 Å². The first-order valence-electron chi connectivity index (χ1n) is 10.1. The van der Waals surface area contributed by atoms with E-state index in [4.69, 9.17) is 5.26 Å². The van der Waals surface area contributed by atoms with E-state index in [-0.39, 0.29) is 36.3 Å². The second-order valence-electron chi connectivity index (χ2n) is 7.56. The van der Waals surface area contributed by atoms with Gasteiger partial charge in [0.25, 0.3) is 5.91 Å². The smallest absolute Gasteiger partial charge is 0.271 e. The van der Waals surface area contributed by atoms with Gasteiger partial charge in [0.05, 0.1) is 23.2 Å². The van der Waals surface area contributed by atoms with Crippen LogP contribution in [0.4, 0.5) is 11.4 Å². The molecule has 32 heavy (non-hydrogen) atoms. The SMILES string of the molecule is Cc1cccc(N2N=C(C(=O)N3CSCC3C(=O)Nc3ccc(C#N)cc3)CCC2=O)c1. The molecule has 2 heterocycles. The predicted molar refractivity (Wildman–Crippen MR) is 123 cm³/mol. The Morgan fingerprint density at radius 1 is 1.19 bits per heavy atom. The van der Waals surface area contributed by atoms with Gasteiger partial charge in [-0.3, -0.25) is 14.4 Å². The number of nitrogens with zero attached hydrogens (tertiary/aromatic N) is 4. The maximum Gasteiger partial charge on any atom is 0.271 e. The zero-order valence-electron chi connectivity index (χ0n) is 17.4. The van der Waals surface area contributed by atoms with Gasteiger partial charge in [0.1, 0.15) is 11.8 Å². The van der Waals surface area contributed by atoms with Gasteiger partial charge in [-0.15, -0.1) is 11.8 Å². The maximum atomic E-state index is 13.2. The normalized spacial score (nSPS) is 18.2. The molecule has 0 radical (unpaired) electrons. The molecule has 0 saturated carbocycles. The number of aryl methyl sites for hydroxylation is 1. The minimum atomic E-state index is -0.643. The molecule has 1 fully saturated rings. The lowest BCUT2D eigenvalue weighted by atomic mass is 10.1. The van der Waals surface area contributed by atoms with Gasteiger partial charge < -0.3 is 10.2 Å². The summed E-state index contributed by atoms with van der Waals surface area (Å²) in [5, 5.41) is 17.3. The minimum Gasteiger partial charge on any atom is -0.324 e. The van der Waals surface area contributed by atoms with Gasteiger partial charge in [-0.05, 0) is 48.9 Å². The molecule has 162 valence electrons. The first kappa shape index (κ1) is 21.6. The Hall–Kier alpha value is -3.64. The van der Waals surface area contributed by atoms with E-state index in [2.05, 4.69) is 10.4 Å². The third kappa shape index (κ3) is 4.50. The van der Waals surface area contributed by atoms with Crippen LogP contribution in [0.25, 0.3) is 0 Å². The molecular weight excluding hydrogens is 426 g/mol. The number of carbonyl (C=O) groups excluding carboxylic acids is 3. The summed E-state index contributed by atoms with van der Waals surface area (Å²) in [5.74, 6) is 0.0536. The van der Waals surface area contributed by atoms with Crippen LogP contribution in [0.3, 0.4) is 0 Å². The molecule has 0 bridgehead atoms. The number of amides is 3. The van der Waals surface area contributed by atoms with Crippen LogP contribution in [-0.2, 0) is 14.4 Å². The standard InChI is InChI=1S/C23H21N5O3S/c1-15-3-2-4-18(11-15)28-21(29)10-9-19(26-28)23(31)27-14-32-13-20(27)22(30)25-17-7-5-16(12-24)6-8-17/h2-8,11,20H,9-10,13-14H2,1H3,(H,25,30). The maximum absolute atomic E-state index is 13.2. The van der Waals surface area contributed by atoms with Gasteiger partial charge >= 0.3 is 0 Å². The topological polar surface area (TPSA) is 106 Å². The van der Waals surface area contributed by atoms with E-state index in [9.17, 15) is 14.4 Å². The third-order valence-electron chi connectivity index (χ3n) is 5.25. The zero-order valence-corrected chi connectivity index (χ0v) is 18.3. The molecule has 0 aromatic heterocycles. The van der Waals surface area contributed by atoms with E-state index < -0.39 is 6.04 Å². The lowest BCUT2D eigenvalue weighted by Gasteiger charge is -2.27. The molecule has 9 heteroatoms. The van der Waals surface area contributed by atoms with E-state index in [0.29, 0.717) is 28.6 Å². The largest absolute Gasteiger partial charge is 0.324 e. The van der Waals surface area contributed by atoms with E-state index in [0.717, 1.165) is 5.56 Å². The number of rotatable bonds is 4. The second kappa shape index (κ2) is 9.24. The lowest BCUT2D eigenvalue weighted by Crippen LogP contribution is -2.48. The summed E-state index contributed by atoms with van der Waals surface area (Å²) in [6.45, 7) is 1.92. The van der Waals surface area contributed by atoms with Gasteiger partial charge in [-0.2, -0.15) is 10.4 Å². The van der Waals surface area contributed by atoms with Crippen molar-refractivity contribution in [3.8, 4) is 6.07 Å². The molecule has 0 spiro atoms. The fourth-order valence-corrected chi connectivity index (χ4v) is 4.70. The molecule has 1 saturated heterocycles. The number of hydrogen-bond donors (Lipinski definition) is 1. The molecule has 1 unspecified atom stereocenters. The molecule has 4 rings (SSSR count). The summed E-state index contributed by atoms with van der Waals surface area (Å²) in [5.41, 5.74) is 2.93. The number of hydrogen-bond acceptors (Lipinski definition) is 6. The molecule has 1 N–H and O–H groups in total. The first-order valence-corrected chi connectivity index (χ1v) is 11.3. The van der Waals surface area contributed by atoms with Crippen molar-refractivity contribution in [2.45, 2.75) is 25.8 Å². The van der Waals surface area contributed by atoms with Crippen LogP contribution in [0.15, 0.2) is 53.6 Å². The van der Waals surface area contributed by atoms with Crippen LogP contribution in [0.2, 0.25) is 0 Å². The van der Waals surface area contributed by atoms with Crippen LogP contribution in [0.5, 0.6) is 0 Å². The van der Waals surface area contributed by atoms with Crippen LogP contribution in [-0.4, -0.2) is 46.0 Å². The van der Waals surface area contributed by atoms with Gasteiger partial charge in [0.15, 0.2) is 0 Å². The Kier molecular flexibility index (Phi) is 6.23. The fraction of sp³-hybridized carbons (Fsp3) is 0.261. The number of benzene rings is 2. The summed E-state index contributed by atoms with van der Waals surface area (Å²) >= 11 is 1.49. The number of anilines is 2. The van der Waals surface area contributed by atoms with E-state index in [1.165, 1.54) is 21.7 Å². The van der Waals surface area contributed by atoms with Crippen LogP contribution in [0, 0.1) is 18.3 Å². The van der Waals surface area contributed by atoms with Crippen molar-refractivity contribution in [3.63, 3.8) is 0 Å². The van der Waals surface area contributed by atoms with Crippen molar-refractivity contribution in [3.05, 3.63) is 59.7 Å². The summed E-state index contributed by atoms with van der Waals surface area (Å²) in [7, 11) is 0. The van der Waals surface area contributed by atoms with Gasteiger partial charge in [0, 0.05) is 24.3 Å². The molecule has 2 aliphatic heterocycles. The second-order valence-corrected chi connectivity index (χ2v) is 8.56. The van der Waals surface area contributed by atoms with E-state index in [1.54, 1.807) is 30.3 Å². The van der Waals surface area contributed by atoms with E-state index >= 15 is 0 Å². The highest BCUT2D eigenvalue weighted by Gasteiger charge is 2.38. The Balaban J connectivity index is 1.51. The van der Waals surface area contributed by atoms with E-state index in [1.807, 2.05) is 31.2 Å². The molecule has 0 aliphatic carbocycles. The molecule has 2 aliphatic rings. The van der Waals surface area contributed by atoms with Crippen molar-refractivity contribution in [1.82, 2.24) is 4.90 Å². The number of thioether (sulfide) groups is 1. The summed E-state index contributed by atoms with van der Waals surface area (Å²) in [4.78, 5) is 40.0. The molecule has 2 aromatic rings. The van der Waals surface area contributed by atoms with Crippen molar-refractivity contribution in [2.24, 2.45) is 5.10 Å². The molecule has 1 atom stereocenters. The average molecular weight is 448 g/mol. The monoisotopic (exact) mass is 447 g/mol. The zero-order chi connectivity index (χ0) is 22.7. The number of nitriles is 1. The quantitative estimate of drug-likeness (QED) is 0.776. The Labute approximate surface area is 189 Å². The fourth-order valence-electron chi connectivity index (χ4n) is 3.55. The molecule has 3 amide bonds. The van der Waals surface area contributed by atoms with Crippen molar-refractivity contribution in [1.29, 1.82) is 5.26 Å². The van der Waals surface area contributed by atoms with Gasteiger partial charge in [0.2, 0.25) is 11.8 Å². The summed E-state index contributed by atoms with van der Waals surface area (Å²) in [6, 6.07) is 15.3. The Morgan fingerprint density at radius 3 is 2.69 bits per heavy atom. The van der Waals surface area contributed by atoms with Crippen LogP contribution in [0.1, 0.15) is 24.0 Å². The number of hydrazone groups is 1. The number of carbonyl (C=O) groups is 3. The number of nitrogens with one attached hydrogen (secondary N) is 1. The highest BCUT2D eigenvalue weighted by atomic mass is 32.2. The van der Waals surface area contributed by atoms with Crippen molar-refractivity contribution in [2.75, 3.05) is 22.0 Å². The molecule has 8 nitrogen and oxygen atoms in total. The highest BCUT2D eigenvalue weighted by molar-refractivity contribution is 7.99. The Morgan fingerprint density at radius 2 is 1.97 bits per heavy atom. The lowest BCUT2D eigenvalue weighted by molar-refractivity contribution is -0.131. The van der Waals surface area contributed by atoms with Crippen LogP contribution < -0.4 is 10.3 Å². The highest BCUT2D eigenvalue weighted by Crippen LogP contribution is 2.26. The van der Waals surface area contributed by atoms with Crippen molar-refractivity contribution >= 4 is 46.6 Å². The van der Waals surface area contributed by atoms with Crippen molar-refractivity contribution < 1.29 is 14.4 Å².